The second-order valence-corrected chi connectivity index (χ2v) is 2.75. The van der Waals surface area contributed by atoms with Crippen molar-refractivity contribution < 1.29 is 19.1 Å². The number of allylic oxidation sites excluding steroid dienone is 1. The quantitative estimate of drug-likeness (QED) is 0.385. The van der Waals surface area contributed by atoms with Gasteiger partial charge in [0, 0.05) is 18.4 Å². The lowest BCUT2D eigenvalue weighted by Gasteiger charge is -2.04. The van der Waals surface area contributed by atoms with Gasteiger partial charge in [0.15, 0.2) is 0 Å². The van der Waals surface area contributed by atoms with Gasteiger partial charge in [-0.3, -0.25) is 0 Å². The SMILES string of the molecule is O=C(C=CCCl)OC1CCOC1=O. The van der Waals surface area contributed by atoms with E-state index in [1.54, 1.807) is 0 Å². The van der Waals surface area contributed by atoms with E-state index in [0.717, 1.165) is 0 Å². The molecule has 0 bridgehead atoms. The van der Waals surface area contributed by atoms with Gasteiger partial charge in [0.25, 0.3) is 0 Å². The van der Waals surface area contributed by atoms with Crippen molar-refractivity contribution in [3.05, 3.63) is 12.2 Å². The molecule has 0 aromatic rings. The van der Waals surface area contributed by atoms with E-state index in [-0.39, 0.29) is 5.88 Å². The molecule has 1 heterocycles. The van der Waals surface area contributed by atoms with Crippen LogP contribution in [-0.2, 0) is 19.1 Å². The molecule has 0 saturated carbocycles. The van der Waals surface area contributed by atoms with Crippen LogP contribution in [0, 0.1) is 0 Å². The molecule has 1 atom stereocenters. The summed E-state index contributed by atoms with van der Waals surface area (Å²) in [6.45, 7) is 0.315. The van der Waals surface area contributed by atoms with Crippen LogP contribution in [-0.4, -0.2) is 30.5 Å². The zero-order valence-electron chi connectivity index (χ0n) is 6.86. The lowest BCUT2D eigenvalue weighted by Crippen LogP contribution is -2.21. The Morgan fingerprint density at radius 1 is 1.77 bits per heavy atom. The maximum Gasteiger partial charge on any atom is 0.347 e. The summed E-state index contributed by atoms with van der Waals surface area (Å²) in [6.07, 6.45) is 2.33. The smallest absolute Gasteiger partial charge is 0.347 e. The van der Waals surface area contributed by atoms with Crippen LogP contribution in [0.2, 0.25) is 0 Å². The van der Waals surface area contributed by atoms with Crippen molar-refractivity contribution in [3.8, 4) is 0 Å². The molecule has 1 aliphatic rings. The molecule has 72 valence electrons. The van der Waals surface area contributed by atoms with Crippen molar-refractivity contribution in [2.75, 3.05) is 12.5 Å². The topological polar surface area (TPSA) is 52.6 Å². The molecule has 1 saturated heterocycles. The van der Waals surface area contributed by atoms with Crippen LogP contribution in [0.1, 0.15) is 6.42 Å². The molecule has 0 aliphatic carbocycles. The normalized spacial score (nSPS) is 21.9. The Morgan fingerprint density at radius 3 is 3.08 bits per heavy atom. The summed E-state index contributed by atoms with van der Waals surface area (Å²) < 4.78 is 9.37. The average molecular weight is 205 g/mol. The molecule has 13 heavy (non-hydrogen) atoms. The third kappa shape index (κ3) is 3.06. The van der Waals surface area contributed by atoms with Crippen molar-refractivity contribution in [2.45, 2.75) is 12.5 Å². The molecule has 1 rings (SSSR count). The maximum absolute atomic E-state index is 10.9. The number of cyclic esters (lactones) is 1. The number of hydrogen-bond donors (Lipinski definition) is 0. The Labute approximate surface area is 80.5 Å². The molecular formula is C8H9ClO4. The number of ether oxygens (including phenoxy) is 2. The second-order valence-electron chi connectivity index (χ2n) is 2.44. The molecule has 0 aromatic heterocycles. The zero-order valence-corrected chi connectivity index (χ0v) is 7.62. The van der Waals surface area contributed by atoms with Gasteiger partial charge >= 0.3 is 11.9 Å². The van der Waals surface area contributed by atoms with Gasteiger partial charge < -0.3 is 9.47 Å². The van der Waals surface area contributed by atoms with Gasteiger partial charge in [-0.25, -0.2) is 9.59 Å². The number of carbonyl (C=O) groups is 2. The summed E-state index contributed by atoms with van der Waals surface area (Å²) in [5.41, 5.74) is 0. The lowest BCUT2D eigenvalue weighted by molar-refractivity contribution is -0.156. The number of halogens is 1. The summed E-state index contributed by atoms with van der Waals surface area (Å²) in [4.78, 5) is 21.8. The van der Waals surface area contributed by atoms with E-state index < -0.39 is 18.0 Å². The first-order valence-corrected chi connectivity index (χ1v) is 4.37. The van der Waals surface area contributed by atoms with Gasteiger partial charge in [-0.1, -0.05) is 6.08 Å². The number of alkyl halides is 1. The Morgan fingerprint density at radius 2 is 2.54 bits per heavy atom. The van der Waals surface area contributed by atoms with E-state index in [9.17, 15) is 9.59 Å². The summed E-state index contributed by atoms with van der Waals surface area (Å²) >= 11 is 5.30. The first-order chi connectivity index (χ1) is 6.24. The van der Waals surface area contributed by atoms with E-state index in [1.807, 2.05) is 0 Å². The fourth-order valence-corrected chi connectivity index (χ4v) is 0.994. The second kappa shape index (κ2) is 4.87. The largest absolute Gasteiger partial charge is 0.463 e. The average Bonchev–Trinajstić information content (AvgIpc) is 2.48. The minimum Gasteiger partial charge on any atom is -0.463 e. The third-order valence-electron chi connectivity index (χ3n) is 1.49. The molecule has 0 amide bonds. The molecule has 0 radical (unpaired) electrons. The molecule has 1 aliphatic heterocycles. The highest BCUT2D eigenvalue weighted by Crippen LogP contribution is 2.10. The van der Waals surface area contributed by atoms with E-state index in [1.165, 1.54) is 12.2 Å². The number of hydrogen-bond acceptors (Lipinski definition) is 4. The van der Waals surface area contributed by atoms with Crippen molar-refractivity contribution in [1.82, 2.24) is 0 Å². The van der Waals surface area contributed by atoms with Gasteiger partial charge in [0.1, 0.15) is 0 Å². The van der Waals surface area contributed by atoms with Gasteiger partial charge in [-0.2, -0.15) is 0 Å². The van der Waals surface area contributed by atoms with Gasteiger partial charge in [-0.05, 0) is 0 Å². The van der Waals surface area contributed by atoms with Crippen molar-refractivity contribution in [3.63, 3.8) is 0 Å². The van der Waals surface area contributed by atoms with Crippen LogP contribution in [0.15, 0.2) is 12.2 Å². The number of carbonyl (C=O) groups excluding carboxylic acids is 2. The summed E-state index contributed by atoms with van der Waals surface area (Å²) in [6, 6.07) is 0. The molecule has 0 aromatic carbocycles. The van der Waals surface area contributed by atoms with Crippen LogP contribution in [0.5, 0.6) is 0 Å². The van der Waals surface area contributed by atoms with E-state index >= 15 is 0 Å². The van der Waals surface area contributed by atoms with Crippen LogP contribution >= 0.6 is 11.6 Å². The molecule has 1 unspecified atom stereocenters. The summed E-state index contributed by atoms with van der Waals surface area (Å²) in [5, 5.41) is 0. The Kier molecular flexibility index (Phi) is 3.76. The molecule has 5 heteroatoms. The van der Waals surface area contributed by atoms with Crippen LogP contribution in [0.25, 0.3) is 0 Å². The van der Waals surface area contributed by atoms with Crippen molar-refractivity contribution in [1.29, 1.82) is 0 Å². The van der Waals surface area contributed by atoms with Gasteiger partial charge in [-0.15, -0.1) is 11.6 Å². The highest BCUT2D eigenvalue weighted by Gasteiger charge is 2.29. The van der Waals surface area contributed by atoms with E-state index in [0.29, 0.717) is 13.0 Å². The van der Waals surface area contributed by atoms with Crippen LogP contribution in [0.4, 0.5) is 0 Å². The minimum atomic E-state index is -0.743. The molecule has 1 fully saturated rings. The molecular weight excluding hydrogens is 196 g/mol. The predicted molar refractivity (Wildman–Crippen MR) is 45.3 cm³/mol. The Hall–Kier alpha value is -1.03. The highest BCUT2D eigenvalue weighted by molar-refractivity contribution is 6.19. The van der Waals surface area contributed by atoms with Crippen LogP contribution in [0.3, 0.4) is 0 Å². The van der Waals surface area contributed by atoms with Gasteiger partial charge in [0.2, 0.25) is 6.10 Å². The minimum absolute atomic E-state index is 0.240. The molecule has 4 nitrogen and oxygen atoms in total. The fraction of sp³-hybridized carbons (Fsp3) is 0.500. The summed E-state index contributed by atoms with van der Waals surface area (Å²) in [7, 11) is 0. The molecule has 0 spiro atoms. The standard InChI is InChI=1S/C8H9ClO4/c9-4-1-2-7(10)13-6-3-5-12-8(6)11/h1-2,6H,3-5H2. The Bertz CT molecular complexity index is 236. The monoisotopic (exact) mass is 204 g/mol. The zero-order chi connectivity index (χ0) is 9.68. The Balaban J connectivity index is 2.35. The third-order valence-corrected chi connectivity index (χ3v) is 1.67. The van der Waals surface area contributed by atoms with E-state index in [4.69, 9.17) is 16.3 Å². The first kappa shape index (κ1) is 10.1. The molecule has 0 N–H and O–H groups in total. The number of rotatable bonds is 3. The fourth-order valence-electron chi connectivity index (χ4n) is 0.905. The highest BCUT2D eigenvalue weighted by atomic mass is 35.5. The van der Waals surface area contributed by atoms with E-state index in [2.05, 4.69) is 4.74 Å². The lowest BCUT2D eigenvalue weighted by atomic mass is 10.3. The maximum atomic E-state index is 10.9. The van der Waals surface area contributed by atoms with Crippen molar-refractivity contribution >= 4 is 23.5 Å². The summed E-state index contributed by atoms with van der Waals surface area (Å²) in [5.74, 6) is -0.804. The predicted octanol–water partition coefficient (Wildman–Crippen LogP) is 0.640. The van der Waals surface area contributed by atoms with Crippen molar-refractivity contribution in [2.24, 2.45) is 0 Å². The number of esters is 2. The first-order valence-electron chi connectivity index (χ1n) is 3.84. The van der Waals surface area contributed by atoms with Gasteiger partial charge in [0.05, 0.1) is 6.61 Å². The van der Waals surface area contributed by atoms with Crippen LogP contribution < -0.4 is 0 Å².